The summed E-state index contributed by atoms with van der Waals surface area (Å²) in [5.41, 5.74) is 1.90. The Morgan fingerprint density at radius 2 is 1.17 bits per heavy atom. The molecule has 0 bridgehead atoms. The fraction of sp³-hybridized carbons (Fsp3) is 0.161. The number of halogens is 3. The number of carbonyl (C=O) groups excluding carboxylic acids is 4. The van der Waals surface area contributed by atoms with Crippen molar-refractivity contribution in [2.75, 3.05) is 0 Å². The first-order chi connectivity index (χ1) is 19.8. The summed E-state index contributed by atoms with van der Waals surface area (Å²) < 4.78 is 39.6. The number of Topliss-reactive ketones (excluding diaryl/α,β-unsaturated/α-hetero) is 4. The predicted molar refractivity (Wildman–Crippen MR) is 152 cm³/mol. The maximum absolute atomic E-state index is 13.2. The Balaban J connectivity index is 1.28. The average Bonchev–Trinajstić information content (AvgIpc) is 3.69. The maximum Gasteiger partial charge on any atom is 0.416 e. The van der Waals surface area contributed by atoms with E-state index in [1.54, 1.807) is 18.2 Å². The van der Waals surface area contributed by atoms with E-state index in [0.717, 1.165) is 38.8 Å². The molecule has 0 N–H and O–H groups in total. The van der Waals surface area contributed by atoms with Crippen molar-refractivity contribution in [1.29, 1.82) is 0 Å². The minimum absolute atomic E-state index is 0.00206. The van der Waals surface area contributed by atoms with E-state index in [2.05, 4.69) is 0 Å². The third-order valence-corrected chi connectivity index (χ3v) is 9.88. The second-order valence-electron chi connectivity index (χ2n) is 10.8. The van der Waals surface area contributed by atoms with E-state index >= 15 is 0 Å². The number of nitrogens with zero attached hydrogens (tertiary/aromatic N) is 2. The van der Waals surface area contributed by atoms with Gasteiger partial charge in [-0.15, -0.1) is 22.7 Å². The number of benzene rings is 2. The lowest BCUT2D eigenvalue weighted by molar-refractivity contribution is -0.137. The number of fused-ring (bicyclic) bond motifs is 5. The van der Waals surface area contributed by atoms with Crippen LogP contribution < -0.4 is 0 Å². The molecule has 0 saturated carbocycles. The Kier molecular flexibility index (Phi) is 5.43. The number of hydrogen-bond acceptors (Lipinski definition) is 8. The van der Waals surface area contributed by atoms with E-state index in [1.165, 1.54) is 28.7 Å². The van der Waals surface area contributed by atoms with Crippen molar-refractivity contribution in [2.24, 2.45) is 0 Å². The van der Waals surface area contributed by atoms with E-state index in [9.17, 15) is 32.3 Å². The lowest BCUT2D eigenvalue weighted by Crippen LogP contribution is -2.17. The van der Waals surface area contributed by atoms with Gasteiger partial charge in [-0.2, -0.15) is 13.2 Å². The smallest absolute Gasteiger partial charge is 0.285 e. The number of hydrogen-bond donors (Lipinski definition) is 0. The zero-order chi connectivity index (χ0) is 29.9. The van der Waals surface area contributed by atoms with Gasteiger partial charge in [-0.1, -0.05) is 23.8 Å². The fourth-order valence-electron chi connectivity index (χ4n) is 5.56. The number of ketones is 4. The Morgan fingerprint density at radius 1 is 0.690 bits per heavy atom. The highest BCUT2D eigenvalue weighted by molar-refractivity contribution is 7.23. The van der Waals surface area contributed by atoms with Crippen molar-refractivity contribution in [1.82, 2.24) is 9.97 Å². The van der Waals surface area contributed by atoms with Crippen LogP contribution in [0.5, 0.6) is 0 Å². The normalized spacial score (nSPS) is 18.7. The van der Waals surface area contributed by atoms with E-state index in [0.29, 0.717) is 32.8 Å². The topological polar surface area (TPSA) is 94.1 Å². The van der Waals surface area contributed by atoms with Gasteiger partial charge in [0.05, 0.1) is 32.1 Å². The molecule has 7 rings (SSSR count). The lowest BCUT2D eigenvalue weighted by atomic mass is 9.90. The van der Waals surface area contributed by atoms with Gasteiger partial charge in [0.1, 0.15) is 10.0 Å². The number of aryl methyl sites for hydroxylation is 1. The summed E-state index contributed by atoms with van der Waals surface area (Å²) in [6, 6.07) is 8.03. The van der Waals surface area contributed by atoms with Crippen molar-refractivity contribution in [2.45, 2.75) is 32.4 Å². The molecule has 3 aliphatic carbocycles. The van der Waals surface area contributed by atoms with E-state index in [-0.39, 0.29) is 16.7 Å². The van der Waals surface area contributed by atoms with Gasteiger partial charge in [-0.3, -0.25) is 19.2 Å². The quantitative estimate of drug-likeness (QED) is 0.184. The number of aromatic nitrogens is 2. The van der Waals surface area contributed by atoms with Crippen LogP contribution in [0.15, 0.2) is 36.4 Å². The van der Waals surface area contributed by atoms with Gasteiger partial charge in [0, 0.05) is 22.3 Å². The first-order valence-electron chi connectivity index (χ1n) is 12.7. The fourth-order valence-corrected chi connectivity index (χ4v) is 8.02. The molecule has 0 atom stereocenters. The minimum atomic E-state index is -4.64. The lowest BCUT2D eigenvalue weighted by Gasteiger charge is -2.16. The summed E-state index contributed by atoms with van der Waals surface area (Å²) in [6.07, 6.45) is -1.56. The predicted octanol–water partition coefficient (Wildman–Crippen LogP) is 6.85. The molecular formula is C31H17F3N2O4S2. The number of alkyl halides is 3. The molecule has 11 heteroatoms. The second kappa shape index (κ2) is 8.59. The van der Waals surface area contributed by atoms with Crippen LogP contribution in [-0.2, 0) is 21.2 Å². The van der Waals surface area contributed by atoms with Gasteiger partial charge < -0.3 is 0 Å². The minimum Gasteiger partial charge on any atom is -0.285 e. The van der Waals surface area contributed by atoms with Gasteiger partial charge >= 0.3 is 6.18 Å². The van der Waals surface area contributed by atoms with Crippen LogP contribution in [0.1, 0.15) is 78.2 Å². The van der Waals surface area contributed by atoms with Crippen LogP contribution in [0, 0.1) is 6.92 Å². The standard InChI is InChI=1S/C31H17F3N2O4S2/c1-12-4-6-14-16(8-12)22(37)24(39)18(14)10-20-35-28-26(41-20)27-29(30(28,2)3)36-21(42-27)11-19-15-7-5-13(31(32,33)34)9-17(15)23(38)25(19)40/h4-11H,1-3H3/b18-10-,19-11-. The van der Waals surface area contributed by atoms with Crippen LogP contribution in [0.3, 0.4) is 0 Å². The summed E-state index contributed by atoms with van der Waals surface area (Å²) >= 11 is 2.64. The molecule has 2 heterocycles. The molecule has 2 aromatic carbocycles. The highest BCUT2D eigenvalue weighted by atomic mass is 32.1. The van der Waals surface area contributed by atoms with E-state index in [1.807, 2.05) is 26.8 Å². The Morgan fingerprint density at radius 3 is 1.67 bits per heavy atom. The molecule has 4 aromatic rings. The molecule has 0 saturated heterocycles. The molecule has 208 valence electrons. The van der Waals surface area contributed by atoms with Gasteiger partial charge in [0.15, 0.2) is 0 Å². The number of carbonyl (C=O) groups is 4. The summed E-state index contributed by atoms with van der Waals surface area (Å²) in [4.78, 5) is 61.8. The molecule has 6 nitrogen and oxygen atoms in total. The van der Waals surface area contributed by atoms with E-state index in [4.69, 9.17) is 9.97 Å². The Bertz CT molecular complexity index is 2040. The summed E-state index contributed by atoms with van der Waals surface area (Å²) in [6.45, 7) is 5.75. The third kappa shape index (κ3) is 3.69. The highest BCUT2D eigenvalue weighted by Gasteiger charge is 2.43. The number of rotatable bonds is 2. The van der Waals surface area contributed by atoms with Gasteiger partial charge in [0.25, 0.3) is 0 Å². The average molecular weight is 603 g/mol. The van der Waals surface area contributed by atoms with Crippen molar-refractivity contribution < 1.29 is 32.3 Å². The molecule has 0 radical (unpaired) electrons. The van der Waals surface area contributed by atoms with Crippen molar-refractivity contribution in [3.05, 3.63) is 91.2 Å². The zero-order valence-corrected chi connectivity index (χ0v) is 23.7. The zero-order valence-electron chi connectivity index (χ0n) is 22.1. The molecule has 2 aromatic heterocycles. The molecule has 0 unspecified atom stereocenters. The van der Waals surface area contributed by atoms with Crippen LogP contribution in [0.25, 0.3) is 33.1 Å². The Hall–Kier alpha value is -4.35. The second-order valence-corrected chi connectivity index (χ2v) is 12.9. The number of thiazole rings is 2. The first-order valence-corrected chi connectivity index (χ1v) is 14.4. The molecule has 42 heavy (non-hydrogen) atoms. The third-order valence-electron chi connectivity index (χ3n) is 7.71. The van der Waals surface area contributed by atoms with Crippen molar-refractivity contribution >= 4 is 69.1 Å². The van der Waals surface area contributed by atoms with Crippen molar-refractivity contribution in [3.8, 4) is 9.75 Å². The molecule has 3 aliphatic rings. The molecular weight excluding hydrogens is 585 g/mol. The summed E-state index contributed by atoms with van der Waals surface area (Å²) in [5, 5.41) is 0.986. The maximum atomic E-state index is 13.2. The van der Waals surface area contributed by atoms with Gasteiger partial charge in [-0.05, 0) is 62.2 Å². The van der Waals surface area contributed by atoms with Crippen LogP contribution in [-0.4, -0.2) is 33.1 Å². The molecule has 0 spiro atoms. The molecule has 0 fully saturated rings. The first kappa shape index (κ1) is 26.5. The van der Waals surface area contributed by atoms with Gasteiger partial charge in [0.2, 0.25) is 23.1 Å². The van der Waals surface area contributed by atoms with Gasteiger partial charge in [-0.25, -0.2) is 9.97 Å². The summed E-state index contributed by atoms with van der Waals surface area (Å²) in [7, 11) is 0. The molecule has 0 amide bonds. The van der Waals surface area contributed by atoms with Crippen LogP contribution in [0.2, 0.25) is 0 Å². The largest absolute Gasteiger partial charge is 0.416 e. The SMILES string of the molecule is Cc1ccc2c(c1)C(=O)C(=O)/C2=C\c1nc2c(s1)-c1sc(/C=C3\C(=O)C(=O)c4cc(C(F)(F)F)ccc43)nc1C2(C)C. The monoisotopic (exact) mass is 602 g/mol. The number of allylic oxidation sites excluding steroid dienone is 2. The Labute approximate surface area is 244 Å². The van der Waals surface area contributed by atoms with Crippen LogP contribution in [0.4, 0.5) is 13.2 Å². The molecule has 0 aliphatic heterocycles. The summed E-state index contributed by atoms with van der Waals surface area (Å²) in [5.74, 6) is -2.97. The van der Waals surface area contributed by atoms with Crippen LogP contribution >= 0.6 is 22.7 Å². The van der Waals surface area contributed by atoms with E-state index < -0.39 is 40.3 Å². The highest BCUT2D eigenvalue weighted by Crippen LogP contribution is 2.54. The van der Waals surface area contributed by atoms with Crippen molar-refractivity contribution in [3.63, 3.8) is 0 Å².